The van der Waals surface area contributed by atoms with Crippen molar-refractivity contribution in [1.82, 2.24) is 14.7 Å². The lowest BCUT2D eigenvalue weighted by Gasteiger charge is -2.38. The van der Waals surface area contributed by atoms with Crippen LogP contribution in [0.1, 0.15) is 36.1 Å². The Kier molecular flexibility index (Phi) is 9.49. The number of fused-ring (bicyclic) bond motifs is 1. The lowest BCUT2D eigenvalue weighted by Crippen LogP contribution is -2.53. The van der Waals surface area contributed by atoms with E-state index in [1.165, 1.54) is 28.8 Å². The van der Waals surface area contributed by atoms with Crippen LogP contribution in [-0.2, 0) is 23.4 Å². The molecule has 1 aromatic heterocycles. The molecule has 5 rings (SSSR count). The normalized spacial score (nSPS) is 15.8. The van der Waals surface area contributed by atoms with Gasteiger partial charge in [-0.05, 0) is 48.6 Å². The molecular formula is C32H33F3N4O7. The van der Waals surface area contributed by atoms with Crippen molar-refractivity contribution in [2.45, 2.75) is 50.1 Å². The minimum absolute atomic E-state index is 0.0292. The van der Waals surface area contributed by atoms with E-state index < -0.39 is 34.9 Å². The zero-order chi connectivity index (χ0) is 33.1. The van der Waals surface area contributed by atoms with Crippen LogP contribution in [0.25, 0.3) is 10.9 Å². The van der Waals surface area contributed by atoms with Gasteiger partial charge in [0.15, 0.2) is 11.5 Å². The summed E-state index contributed by atoms with van der Waals surface area (Å²) in [6.07, 6.45) is -4.42. The fourth-order valence-corrected chi connectivity index (χ4v) is 5.66. The number of rotatable bonds is 12. The second kappa shape index (κ2) is 13.3. The summed E-state index contributed by atoms with van der Waals surface area (Å²) in [7, 11) is 1.47. The van der Waals surface area contributed by atoms with Gasteiger partial charge >= 0.3 is 12.1 Å². The Morgan fingerprint density at radius 3 is 2.39 bits per heavy atom. The van der Waals surface area contributed by atoms with Crippen molar-refractivity contribution in [3.63, 3.8) is 0 Å². The number of aliphatic carboxylic acids is 1. The van der Waals surface area contributed by atoms with Gasteiger partial charge in [-0.15, -0.1) is 0 Å². The Morgan fingerprint density at radius 2 is 1.76 bits per heavy atom. The minimum Gasteiger partial charge on any atom is -0.493 e. The lowest BCUT2D eigenvalue weighted by atomic mass is 9.93. The van der Waals surface area contributed by atoms with Gasteiger partial charge in [-0.2, -0.15) is 18.3 Å². The molecule has 11 nitrogen and oxygen atoms in total. The van der Waals surface area contributed by atoms with E-state index in [0.29, 0.717) is 36.3 Å². The fourth-order valence-electron chi connectivity index (χ4n) is 5.66. The number of likely N-dealkylation sites (tertiary alicyclic amines) is 1. The smallest absolute Gasteiger partial charge is 0.424 e. The minimum atomic E-state index is -5.11. The summed E-state index contributed by atoms with van der Waals surface area (Å²) < 4.78 is 57.2. The Hall–Kier alpha value is -4.69. The Bertz CT molecular complexity index is 1710. The molecule has 1 saturated heterocycles. The summed E-state index contributed by atoms with van der Waals surface area (Å²) in [5.74, 6) is -0.0486. The summed E-state index contributed by atoms with van der Waals surface area (Å²) in [6.45, 7) is -0.370. The maximum Gasteiger partial charge on any atom is 0.424 e. The van der Waals surface area contributed by atoms with E-state index in [0.717, 1.165) is 11.6 Å². The van der Waals surface area contributed by atoms with Gasteiger partial charge in [-0.25, -0.2) is 0 Å². The van der Waals surface area contributed by atoms with E-state index in [-0.39, 0.29) is 48.7 Å². The molecule has 0 spiro atoms. The molecule has 0 radical (unpaired) electrons. The standard InChI is InChI=1S/C32H33F3N4O7/c1-45-28-17-21(8-12-29(40)41)7-11-27(28)46-24-13-15-37(16-14-24)20-31(42,32(33,34)35)30-25-10-9-23(39(43)44)18-26(25)38(36-30)19-22-5-3-2-4-6-22/h2-7,9-11,17-18,24,42H,8,12-16,19-20H2,1H3,(H,40,41). The predicted molar refractivity (Wildman–Crippen MR) is 161 cm³/mol. The molecule has 1 atom stereocenters. The topological polar surface area (TPSA) is 140 Å². The number of ether oxygens (including phenoxy) is 2. The number of hydrogen-bond acceptors (Lipinski definition) is 8. The van der Waals surface area contributed by atoms with Gasteiger partial charge in [0.05, 0.1) is 24.1 Å². The van der Waals surface area contributed by atoms with E-state index in [1.807, 2.05) is 0 Å². The third-order valence-corrected chi connectivity index (χ3v) is 8.12. The Balaban J connectivity index is 1.36. The molecule has 1 aliphatic heterocycles. The molecule has 1 fully saturated rings. The molecule has 244 valence electrons. The number of carbonyl (C=O) groups is 1. The average Bonchev–Trinajstić information content (AvgIpc) is 3.39. The molecule has 4 aromatic rings. The first kappa shape index (κ1) is 32.7. The van der Waals surface area contributed by atoms with Crippen LogP contribution in [0.15, 0.2) is 66.7 Å². The van der Waals surface area contributed by atoms with Gasteiger partial charge in [0.2, 0.25) is 5.60 Å². The number of methoxy groups -OCH3 is 1. The maximum absolute atomic E-state index is 14.8. The SMILES string of the molecule is COc1cc(CCC(=O)O)ccc1OC1CCN(CC(O)(c2nn(Cc3ccccc3)c3cc([N+](=O)[O-])ccc23)C(F)(F)F)CC1. The van der Waals surface area contributed by atoms with E-state index >= 15 is 0 Å². The fraction of sp³-hybridized carbons (Fsp3) is 0.375. The number of aromatic nitrogens is 2. The highest BCUT2D eigenvalue weighted by molar-refractivity contribution is 5.85. The molecule has 2 heterocycles. The summed E-state index contributed by atoms with van der Waals surface area (Å²) >= 11 is 0. The van der Waals surface area contributed by atoms with Crippen LogP contribution < -0.4 is 9.47 Å². The molecule has 0 saturated carbocycles. The summed E-state index contributed by atoms with van der Waals surface area (Å²) in [5, 5.41) is 36.1. The highest BCUT2D eigenvalue weighted by Gasteiger charge is 2.58. The van der Waals surface area contributed by atoms with Crippen LogP contribution >= 0.6 is 0 Å². The molecule has 2 N–H and O–H groups in total. The number of hydrogen-bond donors (Lipinski definition) is 2. The van der Waals surface area contributed by atoms with E-state index in [4.69, 9.17) is 14.6 Å². The number of carboxylic acids is 1. The number of nitro groups is 1. The maximum atomic E-state index is 14.8. The number of halogens is 3. The van der Waals surface area contributed by atoms with Crippen molar-refractivity contribution in [3.8, 4) is 11.5 Å². The van der Waals surface area contributed by atoms with Crippen LogP contribution in [0, 0.1) is 10.1 Å². The number of aliphatic hydroxyl groups is 1. The van der Waals surface area contributed by atoms with Gasteiger partial charge in [-0.3, -0.25) is 24.5 Å². The average molecular weight is 643 g/mol. The van der Waals surface area contributed by atoms with Gasteiger partial charge in [0.1, 0.15) is 11.8 Å². The third-order valence-electron chi connectivity index (χ3n) is 8.12. The predicted octanol–water partition coefficient (Wildman–Crippen LogP) is 5.31. The van der Waals surface area contributed by atoms with Crippen LogP contribution in [0.5, 0.6) is 11.5 Å². The zero-order valence-electron chi connectivity index (χ0n) is 24.9. The molecule has 1 unspecified atom stereocenters. The van der Waals surface area contributed by atoms with Crippen LogP contribution in [0.2, 0.25) is 0 Å². The molecule has 0 bridgehead atoms. The second-order valence-corrected chi connectivity index (χ2v) is 11.3. The number of β-amino-alcohol motifs (C(OH)–C–C–N with tert-alkyl or cyclic N) is 1. The number of benzene rings is 3. The first-order chi connectivity index (χ1) is 21.9. The highest BCUT2D eigenvalue weighted by Crippen LogP contribution is 2.43. The summed E-state index contributed by atoms with van der Waals surface area (Å²) in [6, 6.07) is 17.4. The van der Waals surface area contributed by atoms with Crippen molar-refractivity contribution >= 4 is 22.6 Å². The number of aryl methyl sites for hydroxylation is 1. The molecule has 0 amide bonds. The van der Waals surface area contributed by atoms with E-state index in [2.05, 4.69) is 5.10 Å². The Morgan fingerprint density at radius 1 is 1.04 bits per heavy atom. The second-order valence-electron chi connectivity index (χ2n) is 11.3. The highest BCUT2D eigenvalue weighted by atomic mass is 19.4. The first-order valence-electron chi connectivity index (χ1n) is 14.6. The molecule has 1 aliphatic rings. The van der Waals surface area contributed by atoms with Crippen LogP contribution in [-0.4, -0.2) is 74.8 Å². The number of alkyl halides is 3. The summed E-state index contributed by atoms with van der Waals surface area (Å²) in [5.41, 5.74) is -2.71. The molecule has 46 heavy (non-hydrogen) atoms. The lowest BCUT2D eigenvalue weighted by molar-refractivity contribution is -0.384. The van der Waals surface area contributed by atoms with E-state index in [9.17, 15) is 33.2 Å². The zero-order valence-corrected chi connectivity index (χ0v) is 24.9. The van der Waals surface area contributed by atoms with Crippen LogP contribution in [0.4, 0.5) is 18.9 Å². The van der Waals surface area contributed by atoms with Gasteiger partial charge in [-0.1, -0.05) is 36.4 Å². The largest absolute Gasteiger partial charge is 0.493 e. The van der Waals surface area contributed by atoms with Gasteiger partial charge < -0.3 is 19.7 Å². The van der Waals surface area contributed by atoms with E-state index in [1.54, 1.807) is 48.5 Å². The molecule has 14 heteroatoms. The first-order valence-corrected chi connectivity index (χ1v) is 14.6. The number of nitro benzene ring substituents is 1. The van der Waals surface area contributed by atoms with Crippen molar-refractivity contribution in [2.75, 3.05) is 26.7 Å². The number of piperidine rings is 1. The van der Waals surface area contributed by atoms with Gasteiger partial charge in [0, 0.05) is 43.6 Å². The van der Waals surface area contributed by atoms with Crippen molar-refractivity contribution in [2.24, 2.45) is 0 Å². The van der Waals surface area contributed by atoms with Crippen molar-refractivity contribution < 1.29 is 42.6 Å². The summed E-state index contributed by atoms with van der Waals surface area (Å²) in [4.78, 5) is 23.3. The molecule has 0 aliphatic carbocycles. The van der Waals surface area contributed by atoms with Crippen molar-refractivity contribution in [1.29, 1.82) is 0 Å². The number of nitrogens with zero attached hydrogens (tertiary/aromatic N) is 4. The van der Waals surface area contributed by atoms with Crippen LogP contribution in [0.3, 0.4) is 0 Å². The quantitative estimate of drug-likeness (QED) is 0.155. The third kappa shape index (κ3) is 7.07. The Labute approximate surface area is 261 Å². The van der Waals surface area contributed by atoms with Crippen molar-refractivity contribution in [3.05, 3.63) is 93.7 Å². The molecule has 3 aromatic carbocycles. The number of carboxylic acid groups (broad SMARTS) is 1. The monoisotopic (exact) mass is 642 g/mol. The van der Waals surface area contributed by atoms with Gasteiger partial charge in [0.25, 0.3) is 5.69 Å². The number of non-ortho nitro benzene ring substituents is 1. The molecular weight excluding hydrogens is 609 g/mol.